The van der Waals surface area contributed by atoms with E-state index in [1.807, 2.05) is 25.2 Å². The van der Waals surface area contributed by atoms with Crippen molar-refractivity contribution < 1.29 is 4.74 Å². The number of nitrogens with zero attached hydrogens (tertiary/aromatic N) is 3. The van der Waals surface area contributed by atoms with E-state index in [4.69, 9.17) is 16.3 Å². The number of likely N-dealkylation sites (N-methyl/N-ethyl adjacent to an activating group) is 1. The lowest BCUT2D eigenvalue weighted by atomic mass is 9.82. The second-order valence-electron chi connectivity index (χ2n) is 7.95. The van der Waals surface area contributed by atoms with Crippen molar-refractivity contribution in [2.75, 3.05) is 40.8 Å². The second kappa shape index (κ2) is 8.84. The lowest BCUT2D eigenvalue weighted by molar-refractivity contribution is 0.0767. The minimum atomic E-state index is 0. The Morgan fingerprint density at radius 2 is 1.89 bits per heavy atom. The third-order valence-corrected chi connectivity index (χ3v) is 6.65. The van der Waals surface area contributed by atoms with Gasteiger partial charge in [-0.1, -0.05) is 29.8 Å². The number of aliphatic imine (C=N–C) groups is 1. The van der Waals surface area contributed by atoms with Gasteiger partial charge in [-0.2, -0.15) is 0 Å². The third-order valence-electron chi connectivity index (χ3n) is 6.31. The van der Waals surface area contributed by atoms with E-state index in [0.29, 0.717) is 24.0 Å². The van der Waals surface area contributed by atoms with Gasteiger partial charge in [0.25, 0.3) is 0 Å². The fraction of sp³-hybridized carbons (Fsp3) is 0.650. The van der Waals surface area contributed by atoms with Crippen LogP contribution in [0.15, 0.2) is 29.3 Å². The molecule has 5 atom stereocenters. The molecule has 3 aliphatic rings. The van der Waals surface area contributed by atoms with Crippen LogP contribution < -0.4 is 5.32 Å². The highest BCUT2D eigenvalue weighted by Gasteiger charge is 2.53. The maximum atomic E-state index is 6.43. The van der Waals surface area contributed by atoms with E-state index in [9.17, 15) is 0 Å². The normalized spacial score (nSPS) is 30.4. The minimum absolute atomic E-state index is 0. The molecule has 3 fully saturated rings. The molecule has 3 saturated heterocycles. The van der Waals surface area contributed by atoms with Gasteiger partial charge >= 0.3 is 0 Å². The molecule has 27 heavy (non-hydrogen) atoms. The highest BCUT2D eigenvalue weighted by Crippen LogP contribution is 2.47. The molecule has 0 aromatic heterocycles. The largest absolute Gasteiger partial charge is 0.374 e. The molecule has 1 N–H and O–H groups in total. The molecule has 3 aliphatic heterocycles. The number of guanidine groups is 1. The Labute approximate surface area is 184 Å². The fourth-order valence-electron chi connectivity index (χ4n) is 4.97. The number of nitrogens with one attached hydrogen (secondary N) is 1. The average molecular weight is 505 g/mol. The summed E-state index contributed by atoms with van der Waals surface area (Å²) < 4.78 is 6.09. The number of likely N-dealkylation sites (tertiary alicyclic amines) is 1. The van der Waals surface area contributed by atoms with Gasteiger partial charge in [-0.15, -0.1) is 24.0 Å². The quantitative estimate of drug-likeness (QED) is 0.388. The number of benzene rings is 1. The van der Waals surface area contributed by atoms with E-state index in [-0.39, 0.29) is 30.0 Å². The lowest BCUT2D eigenvalue weighted by Crippen LogP contribution is -2.44. The van der Waals surface area contributed by atoms with Crippen molar-refractivity contribution >= 4 is 41.5 Å². The lowest BCUT2D eigenvalue weighted by Gasteiger charge is -2.29. The Hall–Kier alpha value is -0.570. The molecule has 3 heterocycles. The number of fused-ring (bicyclic) bond motifs is 5. The predicted molar refractivity (Wildman–Crippen MR) is 121 cm³/mol. The first-order valence-electron chi connectivity index (χ1n) is 9.60. The first-order chi connectivity index (χ1) is 12.6. The molecular formula is C20H30ClIN4O. The van der Waals surface area contributed by atoms with Crippen LogP contribution in [0.25, 0.3) is 0 Å². The zero-order valence-electron chi connectivity index (χ0n) is 16.3. The Kier molecular flexibility index (Phi) is 6.93. The van der Waals surface area contributed by atoms with Gasteiger partial charge in [-0.3, -0.25) is 4.99 Å². The number of rotatable bonds is 4. The van der Waals surface area contributed by atoms with E-state index in [2.05, 4.69) is 40.3 Å². The number of hydrogen-bond donors (Lipinski definition) is 1. The van der Waals surface area contributed by atoms with E-state index in [1.54, 1.807) is 0 Å². The molecule has 1 aromatic rings. The zero-order valence-corrected chi connectivity index (χ0v) is 19.4. The smallest absolute Gasteiger partial charge is 0.193 e. The van der Waals surface area contributed by atoms with Crippen molar-refractivity contribution in [1.82, 2.24) is 15.1 Å². The summed E-state index contributed by atoms with van der Waals surface area (Å²) in [6, 6.07) is 8.28. The maximum absolute atomic E-state index is 6.43. The van der Waals surface area contributed by atoms with Gasteiger partial charge in [0.1, 0.15) is 0 Å². The third kappa shape index (κ3) is 4.09. The summed E-state index contributed by atoms with van der Waals surface area (Å²) in [5.74, 6) is 2.36. The van der Waals surface area contributed by atoms with Crippen LogP contribution in [0.5, 0.6) is 0 Å². The van der Waals surface area contributed by atoms with Gasteiger partial charge in [0, 0.05) is 43.5 Å². The van der Waals surface area contributed by atoms with Gasteiger partial charge in [-0.25, -0.2) is 0 Å². The number of hydrogen-bond acceptors (Lipinski definition) is 3. The standard InChI is InChI=1S/C20H29ClN4O.HI/c1-22-20(25-11-14-15(12-25)19-9-8-18(14)26-19)23-10-17(24(2)3)13-6-4-5-7-16(13)21;/h4-7,14-15,17-19H,8-12H2,1-3H3,(H,22,23);1H. The van der Waals surface area contributed by atoms with Crippen molar-refractivity contribution in [3.05, 3.63) is 34.9 Å². The molecule has 5 nitrogen and oxygen atoms in total. The Morgan fingerprint density at radius 1 is 1.26 bits per heavy atom. The average Bonchev–Trinajstić information content (AvgIpc) is 3.32. The van der Waals surface area contributed by atoms with Crippen molar-refractivity contribution in [3.63, 3.8) is 0 Å². The molecule has 0 saturated carbocycles. The summed E-state index contributed by atoms with van der Waals surface area (Å²) in [6.07, 6.45) is 3.43. The molecule has 5 unspecified atom stereocenters. The zero-order chi connectivity index (χ0) is 18.3. The second-order valence-corrected chi connectivity index (χ2v) is 8.36. The topological polar surface area (TPSA) is 40.1 Å². The first-order valence-corrected chi connectivity index (χ1v) is 9.98. The highest BCUT2D eigenvalue weighted by atomic mass is 127. The Balaban J connectivity index is 0.00000210. The minimum Gasteiger partial charge on any atom is -0.374 e. The van der Waals surface area contributed by atoms with Crippen molar-refractivity contribution in [2.45, 2.75) is 31.1 Å². The molecule has 2 bridgehead atoms. The monoisotopic (exact) mass is 504 g/mol. The van der Waals surface area contributed by atoms with Crippen LogP contribution in [0, 0.1) is 11.8 Å². The van der Waals surface area contributed by atoms with Crippen LogP contribution in [-0.4, -0.2) is 68.7 Å². The van der Waals surface area contributed by atoms with Gasteiger partial charge in [0.2, 0.25) is 0 Å². The number of ether oxygens (including phenoxy) is 1. The van der Waals surface area contributed by atoms with E-state index < -0.39 is 0 Å². The van der Waals surface area contributed by atoms with Gasteiger partial charge in [0.15, 0.2) is 5.96 Å². The molecular weight excluding hydrogens is 475 g/mol. The van der Waals surface area contributed by atoms with Crippen LogP contribution in [0.1, 0.15) is 24.4 Å². The van der Waals surface area contributed by atoms with Crippen LogP contribution in [0.4, 0.5) is 0 Å². The van der Waals surface area contributed by atoms with Crippen molar-refractivity contribution in [1.29, 1.82) is 0 Å². The maximum Gasteiger partial charge on any atom is 0.193 e. The fourth-order valence-corrected chi connectivity index (χ4v) is 5.23. The van der Waals surface area contributed by atoms with E-state index >= 15 is 0 Å². The van der Waals surface area contributed by atoms with Crippen LogP contribution in [0.3, 0.4) is 0 Å². The van der Waals surface area contributed by atoms with Crippen LogP contribution in [-0.2, 0) is 4.74 Å². The molecule has 0 aliphatic carbocycles. The van der Waals surface area contributed by atoms with Crippen molar-refractivity contribution in [2.24, 2.45) is 16.8 Å². The molecule has 0 spiro atoms. The SMILES string of the molecule is CN=C(NCC(c1ccccc1Cl)N(C)C)N1CC2C3CCC(O3)C2C1.I. The predicted octanol–water partition coefficient (Wildman–Crippen LogP) is 3.25. The summed E-state index contributed by atoms with van der Waals surface area (Å²) in [5.41, 5.74) is 1.15. The van der Waals surface area contributed by atoms with E-state index in [0.717, 1.165) is 36.2 Å². The van der Waals surface area contributed by atoms with Gasteiger partial charge < -0.3 is 19.9 Å². The molecule has 1 aromatic carbocycles. The first kappa shape index (κ1) is 21.1. The van der Waals surface area contributed by atoms with Crippen molar-refractivity contribution in [3.8, 4) is 0 Å². The van der Waals surface area contributed by atoms with Crippen LogP contribution >= 0.6 is 35.6 Å². The summed E-state index contributed by atoms with van der Waals surface area (Å²) >= 11 is 6.43. The van der Waals surface area contributed by atoms with Gasteiger partial charge in [0.05, 0.1) is 18.2 Å². The summed E-state index contributed by atoms with van der Waals surface area (Å²) in [6.45, 7) is 2.90. The van der Waals surface area contributed by atoms with Gasteiger partial charge in [-0.05, 0) is 38.6 Å². The van der Waals surface area contributed by atoms with E-state index in [1.165, 1.54) is 12.8 Å². The summed E-state index contributed by atoms with van der Waals surface area (Å²) in [4.78, 5) is 9.18. The van der Waals surface area contributed by atoms with Crippen LogP contribution in [0.2, 0.25) is 5.02 Å². The highest BCUT2D eigenvalue weighted by molar-refractivity contribution is 14.0. The summed E-state index contributed by atoms with van der Waals surface area (Å²) in [7, 11) is 6.06. The molecule has 0 radical (unpaired) electrons. The molecule has 150 valence electrons. The number of halogens is 2. The Bertz CT molecular complexity index is 668. The molecule has 7 heteroatoms. The molecule has 0 amide bonds. The Morgan fingerprint density at radius 3 is 2.44 bits per heavy atom. The summed E-state index contributed by atoms with van der Waals surface area (Å²) in [5, 5.41) is 4.41. The molecule has 4 rings (SSSR count).